The van der Waals surface area contributed by atoms with E-state index in [4.69, 9.17) is 28.9 Å². The van der Waals surface area contributed by atoms with Crippen LogP contribution < -0.4 is 15.3 Å². The molecule has 0 unspecified atom stereocenters. The fourth-order valence-electron chi connectivity index (χ4n) is 1.58. The second-order valence-electron chi connectivity index (χ2n) is 4.08. The molecule has 0 aliphatic carbocycles. The average Bonchev–Trinajstić information content (AvgIpc) is 2.82. The third-order valence-electron chi connectivity index (χ3n) is 2.63. The Balaban J connectivity index is 2.29. The average molecular weight is 368 g/mol. The number of benzene rings is 1. The van der Waals surface area contributed by atoms with E-state index in [1.807, 2.05) is 0 Å². The van der Waals surface area contributed by atoms with Crippen molar-refractivity contribution in [3.63, 3.8) is 0 Å². The van der Waals surface area contributed by atoms with Crippen LogP contribution in [0, 0.1) is 0 Å². The Morgan fingerprint density at radius 1 is 1.29 bits per heavy atom. The number of rotatable bonds is 5. The number of aromatic nitrogens is 1. The highest BCUT2D eigenvalue weighted by atomic mass is 35.5. The molecule has 1 aromatic carbocycles. The van der Waals surface area contributed by atoms with Crippen molar-refractivity contribution in [2.75, 3.05) is 0 Å². The highest BCUT2D eigenvalue weighted by molar-refractivity contribution is 7.89. The molecule has 0 spiro atoms. The van der Waals surface area contributed by atoms with Gasteiger partial charge in [-0.05, 0) is 17.7 Å². The van der Waals surface area contributed by atoms with E-state index in [0.29, 0.717) is 16.3 Å². The summed E-state index contributed by atoms with van der Waals surface area (Å²) in [7, 11) is -3.84. The molecule has 0 saturated heterocycles. The molecule has 0 aliphatic rings. The Kier molecular flexibility index (Phi) is 5.07. The zero-order valence-corrected chi connectivity index (χ0v) is 13.7. The van der Waals surface area contributed by atoms with Crippen molar-refractivity contribution in [2.45, 2.75) is 18.0 Å². The molecule has 0 aliphatic heterocycles. The first-order valence-corrected chi connectivity index (χ1v) is 8.79. The molecule has 1 aromatic heterocycles. The van der Waals surface area contributed by atoms with Crippen LogP contribution >= 0.6 is 34.5 Å². The van der Waals surface area contributed by atoms with E-state index in [2.05, 4.69) is 9.71 Å². The lowest BCUT2D eigenvalue weighted by Crippen LogP contribution is -2.24. The van der Waals surface area contributed by atoms with Crippen LogP contribution in [0.3, 0.4) is 0 Å². The van der Waals surface area contributed by atoms with Crippen LogP contribution in [0.1, 0.15) is 11.3 Å². The second kappa shape index (κ2) is 6.47. The first kappa shape index (κ1) is 16.5. The molecular formula is C11H11Cl2N3O3S2. The van der Waals surface area contributed by atoms with Crippen LogP contribution in [0.4, 0.5) is 0 Å². The fraction of sp³-hybridized carbons (Fsp3) is 0.182. The van der Waals surface area contributed by atoms with Gasteiger partial charge in [0.1, 0.15) is 4.90 Å². The predicted octanol–water partition coefficient (Wildman–Crippen LogP) is 1.68. The molecule has 0 amide bonds. The van der Waals surface area contributed by atoms with Crippen molar-refractivity contribution in [2.24, 2.45) is 5.73 Å². The predicted molar refractivity (Wildman–Crippen MR) is 83.3 cm³/mol. The number of aromatic amines is 1. The van der Waals surface area contributed by atoms with Crippen molar-refractivity contribution in [3.8, 4) is 0 Å². The van der Waals surface area contributed by atoms with Crippen LogP contribution in [0.2, 0.25) is 10.0 Å². The molecule has 21 heavy (non-hydrogen) atoms. The maximum absolute atomic E-state index is 12.2. The number of sulfonamides is 1. The molecule has 10 heteroatoms. The summed E-state index contributed by atoms with van der Waals surface area (Å²) in [5.41, 5.74) is 6.45. The minimum Gasteiger partial charge on any atom is -0.326 e. The van der Waals surface area contributed by atoms with Gasteiger partial charge < -0.3 is 10.7 Å². The largest absolute Gasteiger partial charge is 0.326 e. The van der Waals surface area contributed by atoms with Crippen molar-refractivity contribution < 1.29 is 8.42 Å². The summed E-state index contributed by atoms with van der Waals surface area (Å²) >= 11 is 12.8. The quantitative estimate of drug-likeness (QED) is 0.747. The van der Waals surface area contributed by atoms with Crippen LogP contribution in [-0.4, -0.2) is 13.4 Å². The van der Waals surface area contributed by atoms with Gasteiger partial charge in [-0.2, -0.15) is 0 Å². The van der Waals surface area contributed by atoms with Crippen LogP contribution in [0.15, 0.2) is 27.2 Å². The molecule has 1 heterocycles. The third-order valence-corrected chi connectivity index (χ3v) is 5.57. The zero-order chi connectivity index (χ0) is 15.6. The summed E-state index contributed by atoms with van der Waals surface area (Å²) < 4.78 is 26.8. The second-order valence-corrected chi connectivity index (χ2v) is 7.47. The number of nitrogens with two attached hydrogens (primary N) is 1. The first-order valence-electron chi connectivity index (χ1n) is 5.68. The molecule has 2 rings (SSSR count). The highest BCUT2D eigenvalue weighted by Crippen LogP contribution is 2.28. The minimum absolute atomic E-state index is 0.00325. The fourth-order valence-corrected chi connectivity index (χ4v) is 4.05. The smallest absolute Gasteiger partial charge is 0.304 e. The molecule has 0 radical (unpaired) electrons. The van der Waals surface area contributed by atoms with E-state index in [0.717, 1.165) is 11.3 Å². The SMILES string of the molecule is NCc1cc(S(=O)(=O)NCc2csc(=O)[nH]2)c(Cl)cc1Cl. The summed E-state index contributed by atoms with van der Waals surface area (Å²) in [6, 6.07) is 2.68. The molecule has 0 fully saturated rings. The first-order chi connectivity index (χ1) is 9.83. The van der Waals surface area contributed by atoms with E-state index < -0.39 is 10.0 Å². The zero-order valence-electron chi connectivity index (χ0n) is 10.5. The molecule has 0 bridgehead atoms. The number of H-pyrrole nitrogens is 1. The lowest BCUT2D eigenvalue weighted by atomic mass is 10.2. The number of halogens is 2. The van der Waals surface area contributed by atoms with Crippen molar-refractivity contribution in [3.05, 3.63) is 48.5 Å². The molecule has 0 saturated carbocycles. The normalized spacial score (nSPS) is 11.8. The molecule has 0 atom stereocenters. The highest BCUT2D eigenvalue weighted by Gasteiger charge is 2.20. The molecule has 6 nitrogen and oxygen atoms in total. The van der Waals surface area contributed by atoms with Gasteiger partial charge in [0.2, 0.25) is 10.0 Å². The van der Waals surface area contributed by atoms with Crippen molar-refractivity contribution in [1.29, 1.82) is 0 Å². The van der Waals surface area contributed by atoms with Gasteiger partial charge in [0.25, 0.3) is 0 Å². The molecule has 4 N–H and O–H groups in total. The van der Waals surface area contributed by atoms with Crippen LogP contribution in [0.25, 0.3) is 0 Å². The monoisotopic (exact) mass is 367 g/mol. The number of hydrogen-bond acceptors (Lipinski definition) is 5. The Morgan fingerprint density at radius 3 is 2.57 bits per heavy atom. The Morgan fingerprint density at radius 2 is 2.00 bits per heavy atom. The summed E-state index contributed by atoms with van der Waals surface area (Å²) in [5, 5.41) is 1.85. The Labute approximate surface area is 134 Å². The van der Waals surface area contributed by atoms with Crippen LogP contribution in [-0.2, 0) is 23.1 Å². The summed E-state index contributed by atoms with van der Waals surface area (Å²) in [5.74, 6) is 0. The topological polar surface area (TPSA) is 105 Å². The van der Waals surface area contributed by atoms with Crippen molar-refractivity contribution >= 4 is 44.6 Å². The molecular weight excluding hydrogens is 357 g/mol. The van der Waals surface area contributed by atoms with Gasteiger partial charge >= 0.3 is 4.87 Å². The minimum atomic E-state index is -3.84. The summed E-state index contributed by atoms with van der Waals surface area (Å²) in [6.07, 6.45) is 0. The summed E-state index contributed by atoms with van der Waals surface area (Å²) in [4.78, 5) is 13.1. The summed E-state index contributed by atoms with van der Waals surface area (Å²) in [6.45, 7) is 0.0500. The van der Waals surface area contributed by atoms with Gasteiger partial charge in [-0.1, -0.05) is 34.5 Å². The number of thiazole rings is 1. The van der Waals surface area contributed by atoms with Crippen LogP contribution in [0.5, 0.6) is 0 Å². The van der Waals surface area contributed by atoms with E-state index >= 15 is 0 Å². The van der Waals surface area contributed by atoms with E-state index in [-0.39, 0.29) is 27.9 Å². The Hall–Kier alpha value is -0.900. The lowest BCUT2D eigenvalue weighted by molar-refractivity contribution is 0.580. The Bertz CT molecular complexity index is 814. The maximum atomic E-state index is 12.2. The standard InChI is InChI=1S/C11H11Cl2N3O3S2/c12-8-2-9(13)10(1-6(8)3-14)21(18,19)15-4-7-5-20-11(17)16-7/h1-2,5,15H,3-4,14H2,(H,16,17). The van der Waals surface area contributed by atoms with Gasteiger partial charge in [0, 0.05) is 22.6 Å². The van der Waals surface area contributed by atoms with E-state index in [1.54, 1.807) is 5.38 Å². The van der Waals surface area contributed by atoms with E-state index in [1.165, 1.54) is 12.1 Å². The molecule has 2 aromatic rings. The van der Waals surface area contributed by atoms with Crippen molar-refractivity contribution in [1.82, 2.24) is 9.71 Å². The molecule has 114 valence electrons. The number of hydrogen-bond donors (Lipinski definition) is 3. The van der Waals surface area contributed by atoms with Gasteiger partial charge in [-0.3, -0.25) is 4.79 Å². The van der Waals surface area contributed by atoms with Gasteiger partial charge in [-0.25, -0.2) is 13.1 Å². The van der Waals surface area contributed by atoms with Gasteiger partial charge in [0.05, 0.1) is 11.6 Å². The van der Waals surface area contributed by atoms with Gasteiger partial charge in [0.15, 0.2) is 0 Å². The maximum Gasteiger partial charge on any atom is 0.304 e. The lowest BCUT2D eigenvalue weighted by Gasteiger charge is -2.10. The van der Waals surface area contributed by atoms with E-state index in [9.17, 15) is 13.2 Å². The number of nitrogens with one attached hydrogen (secondary N) is 2. The third kappa shape index (κ3) is 3.85. The van der Waals surface area contributed by atoms with Gasteiger partial charge in [-0.15, -0.1) is 0 Å².